The summed E-state index contributed by atoms with van der Waals surface area (Å²) in [6.45, 7) is 2.42. The molecule has 0 bridgehead atoms. The Hall–Kier alpha value is -3.50. The van der Waals surface area contributed by atoms with E-state index in [0.29, 0.717) is 31.7 Å². The predicted octanol–water partition coefficient (Wildman–Crippen LogP) is 5.23. The molecule has 0 aliphatic rings. The summed E-state index contributed by atoms with van der Waals surface area (Å²) in [6, 6.07) is 15.3. The number of rotatable bonds is 14. The first kappa shape index (κ1) is 30.0. The predicted molar refractivity (Wildman–Crippen MR) is 149 cm³/mol. The lowest BCUT2D eigenvalue weighted by Crippen LogP contribution is -2.41. The van der Waals surface area contributed by atoms with E-state index >= 15 is 0 Å². The van der Waals surface area contributed by atoms with Gasteiger partial charge in [0.1, 0.15) is 18.1 Å². The average molecular weight is 579 g/mol. The summed E-state index contributed by atoms with van der Waals surface area (Å²) < 4.78 is 58.3. The van der Waals surface area contributed by atoms with Gasteiger partial charge in [0.25, 0.3) is 10.0 Å². The lowest BCUT2D eigenvalue weighted by atomic mass is 10.1. The highest BCUT2D eigenvalue weighted by Gasteiger charge is 2.29. The van der Waals surface area contributed by atoms with Gasteiger partial charge in [0.15, 0.2) is 11.5 Å². The van der Waals surface area contributed by atoms with Crippen molar-refractivity contribution in [2.24, 2.45) is 0 Å². The number of benzene rings is 3. The second kappa shape index (κ2) is 14.0. The number of hydrogen-bond acceptors (Lipinski definition) is 6. The fraction of sp³-hybridized carbons (Fsp3) is 0.321. The Morgan fingerprint density at radius 3 is 2.44 bits per heavy atom. The molecule has 0 fully saturated rings. The fourth-order valence-electron chi connectivity index (χ4n) is 3.82. The van der Waals surface area contributed by atoms with Gasteiger partial charge in [-0.25, -0.2) is 12.8 Å². The highest BCUT2D eigenvalue weighted by atomic mass is 35.5. The second-order valence-corrected chi connectivity index (χ2v) is 10.8. The van der Waals surface area contributed by atoms with Crippen LogP contribution < -0.4 is 23.8 Å². The van der Waals surface area contributed by atoms with Crippen LogP contribution in [-0.4, -0.2) is 48.2 Å². The third kappa shape index (κ3) is 7.77. The SMILES string of the molecule is CCCOc1ccccc1CCCNC(=O)CN(c1ccc(F)c(Cl)c1)S(=O)(=O)c1ccc(OC)c(OC)c1. The van der Waals surface area contributed by atoms with Gasteiger partial charge in [0.2, 0.25) is 5.91 Å². The third-order valence-corrected chi connectivity index (χ3v) is 7.86. The zero-order chi connectivity index (χ0) is 28.4. The molecule has 0 unspecified atom stereocenters. The molecular formula is C28H32ClFN2O6S. The van der Waals surface area contributed by atoms with Crippen molar-refractivity contribution in [2.45, 2.75) is 31.1 Å². The minimum absolute atomic E-state index is 0.0355. The Labute approximate surface area is 233 Å². The number of nitrogens with zero attached hydrogens (tertiary/aromatic N) is 1. The molecule has 0 saturated carbocycles. The second-order valence-electron chi connectivity index (χ2n) is 8.54. The van der Waals surface area contributed by atoms with Crippen LogP contribution in [0.3, 0.4) is 0 Å². The fourth-order valence-corrected chi connectivity index (χ4v) is 5.42. The number of halogens is 2. The topological polar surface area (TPSA) is 94.2 Å². The quantitative estimate of drug-likeness (QED) is 0.263. The summed E-state index contributed by atoms with van der Waals surface area (Å²) in [5.41, 5.74) is 1.06. The number of anilines is 1. The molecule has 8 nitrogen and oxygen atoms in total. The molecule has 0 radical (unpaired) electrons. The Bertz CT molecular complexity index is 1390. The highest BCUT2D eigenvalue weighted by molar-refractivity contribution is 7.92. The summed E-state index contributed by atoms with van der Waals surface area (Å²) in [5.74, 6) is 0.105. The monoisotopic (exact) mass is 578 g/mol. The normalized spacial score (nSPS) is 11.1. The van der Waals surface area contributed by atoms with Crippen molar-refractivity contribution in [3.8, 4) is 17.2 Å². The smallest absolute Gasteiger partial charge is 0.264 e. The van der Waals surface area contributed by atoms with Gasteiger partial charge in [-0.2, -0.15) is 0 Å². The third-order valence-electron chi connectivity index (χ3n) is 5.80. The Morgan fingerprint density at radius 2 is 1.74 bits per heavy atom. The molecule has 0 aliphatic heterocycles. The maximum atomic E-state index is 13.9. The van der Waals surface area contributed by atoms with E-state index in [4.69, 9.17) is 25.8 Å². The zero-order valence-corrected chi connectivity index (χ0v) is 23.6. The lowest BCUT2D eigenvalue weighted by molar-refractivity contribution is -0.119. The number of hydrogen-bond donors (Lipinski definition) is 1. The Morgan fingerprint density at radius 1 is 1.00 bits per heavy atom. The minimum Gasteiger partial charge on any atom is -0.493 e. The Kier molecular flexibility index (Phi) is 10.8. The van der Waals surface area contributed by atoms with E-state index in [-0.39, 0.29) is 21.4 Å². The molecule has 1 N–H and O–H groups in total. The van der Waals surface area contributed by atoms with Crippen LogP contribution in [0.25, 0.3) is 0 Å². The summed E-state index contributed by atoms with van der Waals surface area (Å²) in [5, 5.41) is 2.49. The molecule has 0 spiro atoms. The number of aryl methyl sites for hydroxylation is 1. The van der Waals surface area contributed by atoms with Crippen LogP contribution in [0.4, 0.5) is 10.1 Å². The summed E-state index contributed by atoms with van der Waals surface area (Å²) in [4.78, 5) is 12.8. The lowest BCUT2D eigenvalue weighted by Gasteiger charge is -2.25. The molecule has 1 amide bonds. The van der Waals surface area contributed by atoms with Crippen molar-refractivity contribution in [1.29, 1.82) is 0 Å². The van der Waals surface area contributed by atoms with E-state index in [1.807, 2.05) is 31.2 Å². The molecule has 3 aromatic carbocycles. The molecule has 0 aromatic heterocycles. The molecule has 210 valence electrons. The number of para-hydroxylation sites is 1. The van der Waals surface area contributed by atoms with Crippen LogP contribution in [0.5, 0.6) is 17.2 Å². The van der Waals surface area contributed by atoms with Crippen molar-refractivity contribution >= 4 is 33.2 Å². The molecule has 11 heteroatoms. The van der Waals surface area contributed by atoms with Gasteiger partial charge in [0.05, 0.1) is 36.4 Å². The maximum absolute atomic E-state index is 13.9. The van der Waals surface area contributed by atoms with Crippen molar-refractivity contribution in [2.75, 3.05) is 38.2 Å². The molecule has 39 heavy (non-hydrogen) atoms. The first-order chi connectivity index (χ1) is 18.7. The van der Waals surface area contributed by atoms with Gasteiger partial charge in [-0.15, -0.1) is 0 Å². The van der Waals surface area contributed by atoms with Crippen LogP contribution in [0.2, 0.25) is 5.02 Å². The maximum Gasteiger partial charge on any atom is 0.264 e. The van der Waals surface area contributed by atoms with Crippen molar-refractivity contribution in [3.05, 3.63) is 77.1 Å². The highest BCUT2D eigenvalue weighted by Crippen LogP contribution is 2.33. The number of amides is 1. The first-order valence-corrected chi connectivity index (χ1v) is 14.2. The van der Waals surface area contributed by atoms with E-state index in [0.717, 1.165) is 34.2 Å². The minimum atomic E-state index is -4.29. The van der Waals surface area contributed by atoms with Gasteiger partial charge >= 0.3 is 0 Å². The summed E-state index contributed by atoms with van der Waals surface area (Å²) in [7, 11) is -1.47. The standard InChI is InChI=1S/C28H32ClFN2O6S/c1-4-16-38-25-10-6-5-8-20(25)9-7-15-31-28(33)19-32(21-11-13-24(30)23(29)17-21)39(34,35)22-12-14-26(36-2)27(18-22)37-3/h5-6,8,10-14,17-18H,4,7,9,15-16,19H2,1-3H3,(H,31,33). The van der Waals surface area contributed by atoms with Crippen LogP contribution in [-0.2, 0) is 21.2 Å². The molecule has 0 heterocycles. The van der Waals surface area contributed by atoms with Gasteiger partial charge < -0.3 is 19.5 Å². The van der Waals surface area contributed by atoms with Gasteiger partial charge in [-0.05, 0) is 61.2 Å². The van der Waals surface area contributed by atoms with Crippen LogP contribution >= 0.6 is 11.6 Å². The molecule has 0 atom stereocenters. The number of methoxy groups -OCH3 is 2. The summed E-state index contributed by atoms with van der Waals surface area (Å²) in [6.07, 6.45) is 2.18. The van der Waals surface area contributed by atoms with E-state index in [1.54, 1.807) is 0 Å². The van der Waals surface area contributed by atoms with Gasteiger partial charge in [-0.3, -0.25) is 9.10 Å². The van der Waals surface area contributed by atoms with Gasteiger partial charge in [-0.1, -0.05) is 36.7 Å². The Balaban J connectivity index is 1.77. The largest absolute Gasteiger partial charge is 0.493 e. The van der Waals surface area contributed by atoms with E-state index in [2.05, 4.69) is 5.32 Å². The number of ether oxygens (including phenoxy) is 3. The molecule has 3 aromatic rings. The molecule has 0 aliphatic carbocycles. The van der Waals surface area contributed by atoms with Gasteiger partial charge in [0, 0.05) is 12.6 Å². The van der Waals surface area contributed by atoms with E-state index < -0.39 is 28.3 Å². The number of carbonyl (C=O) groups is 1. The molecule has 3 rings (SSSR count). The summed E-state index contributed by atoms with van der Waals surface area (Å²) >= 11 is 5.94. The zero-order valence-electron chi connectivity index (χ0n) is 22.1. The molecular weight excluding hydrogens is 547 g/mol. The molecule has 0 saturated heterocycles. The van der Waals surface area contributed by atoms with Crippen molar-refractivity contribution in [1.82, 2.24) is 5.32 Å². The van der Waals surface area contributed by atoms with Crippen LogP contribution in [0.1, 0.15) is 25.3 Å². The number of sulfonamides is 1. The van der Waals surface area contributed by atoms with Crippen molar-refractivity contribution in [3.63, 3.8) is 0 Å². The van der Waals surface area contributed by atoms with Crippen LogP contribution in [0, 0.1) is 5.82 Å². The van der Waals surface area contributed by atoms with E-state index in [1.165, 1.54) is 38.5 Å². The van der Waals surface area contributed by atoms with Crippen LogP contribution in [0.15, 0.2) is 65.6 Å². The van der Waals surface area contributed by atoms with Crippen molar-refractivity contribution < 1.29 is 31.8 Å². The first-order valence-electron chi connectivity index (χ1n) is 12.4. The number of nitrogens with one attached hydrogen (secondary N) is 1. The number of carbonyl (C=O) groups excluding carboxylic acids is 1. The van der Waals surface area contributed by atoms with E-state index in [9.17, 15) is 17.6 Å². The average Bonchev–Trinajstić information content (AvgIpc) is 2.94.